The summed E-state index contributed by atoms with van der Waals surface area (Å²) in [5, 5.41) is 7.43. The molecule has 5 nitrogen and oxygen atoms in total. The number of nitrogens with zero attached hydrogens (tertiary/aromatic N) is 3. The Morgan fingerprint density at radius 2 is 1.86 bits per heavy atom. The lowest BCUT2D eigenvalue weighted by Crippen LogP contribution is -2.44. The highest BCUT2D eigenvalue weighted by Gasteiger charge is 2.51. The van der Waals surface area contributed by atoms with Crippen LogP contribution in [-0.2, 0) is 5.41 Å². The number of hydrogen-bond acceptors (Lipinski definition) is 5. The van der Waals surface area contributed by atoms with Crippen LogP contribution in [0, 0.1) is 5.82 Å². The Balaban J connectivity index is 1.61. The van der Waals surface area contributed by atoms with Crippen molar-refractivity contribution in [3.05, 3.63) is 41.5 Å². The molecule has 0 unspecified atom stereocenters. The first-order chi connectivity index (χ1) is 10.3. The molecule has 0 bridgehead atoms. The molecule has 21 heavy (non-hydrogen) atoms. The van der Waals surface area contributed by atoms with E-state index in [0.29, 0.717) is 11.8 Å². The highest BCUT2D eigenvalue weighted by molar-refractivity contribution is 5.40. The van der Waals surface area contributed by atoms with E-state index in [4.69, 9.17) is 4.52 Å². The molecule has 1 aromatic carbocycles. The highest BCUT2D eigenvalue weighted by Crippen LogP contribution is 2.53. The van der Waals surface area contributed by atoms with Gasteiger partial charge >= 0.3 is 0 Å². The van der Waals surface area contributed by atoms with E-state index in [1.807, 2.05) is 12.1 Å². The van der Waals surface area contributed by atoms with E-state index in [0.717, 1.165) is 44.6 Å². The number of halogens is 1. The third kappa shape index (κ3) is 2.19. The molecule has 2 heterocycles. The second-order valence-corrected chi connectivity index (χ2v) is 5.73. The fraction of sp³-hybridized carbons (Fsp3) is 0.467. The molecule has 6 heteroatoms. The molecular formula is C15H17FN4O. The molecule has 1 saturated heterocycles. The molecule has 0 amide bonds. The molecule has 1 aromatic heterocycles. The second-order valence-electron chi connectivity index (χ2n) is 5.73. The lowest BCUT2D eigenvalue weighted by molar-refractivity contribution is 0.358. The number of hydrogen-bond donors (Lipinski definition) is 1. The minimum absolute atomic E-state index is 0.201. The lowest BCUT2D eigenvalue weighted by atomic mass is 9.96. The van der Waals surface area contributed by atoms with Crippen LogP contribution in [0.5, 0.6) is 0 Å². The van der Waals surface area contributed by atoms with Crippen molar-refractivity contribution in [2.24, 2.45) is 0 Å². The van der Waals surface area contributed by atoms with Crippen LogP contribution in [0.1, 0.15) is 24.3 Å². The van der Waals surface area contributed by atoms with Gasteiger partial charge in [-0.3, -0.25) is 0 Å². The van der Waals surface area contributed by atoms with Gasteiger partial charge in [0.25, 0.3) is 5.95 Å². The van der Waals surface area contributed by atoms with Crippen molar-refractivity contribution in [2.75, 3.05) is 31.1 Å². The number of nitrogens with one attached hydrogen (secondary N) is 1. The van der Waals surface area contributed by atoms with Gasteiger partial charge in [0, 0.05) is 26.2 Å². The van der Waals surface area contributed by atoms with Crippen LogP contribution in [-0.4, -0.2) is 36.3 Å². The summed E-state index contributed by atoms with van der Waals surface area (Å²) in [6, 6.07) is 6.61. The Morgan fingerprint density at radius 3 is 2.52 bits per heavy atom. The monoisotopic (exact) mass is 288 g/mol. The molecule has 0 spiro atoms. The van der Waals surface area contributed by atoms with Gasteiger partial charge in [-0.25, -0.2) is 4.39 Å². The fourth-order valence-corrected chi connectivity index (χ4v) is 2.92. The van der Waals surface area contributed by atoms with E-state index in [1.54, 1.807) is 0 Å². The van der Waals surface area contributed by atoms with Crippen molar-refractivity contribution in [1.29, 1.82) is 0 Å². The van der Waals surface area contributed by atoms with E-state index in [-0.39, 0.29) is 11.2 Å². The predicted molar refractivity (Wildman–Crippen MR) is 75.8 cm³/mol. The maximum Gasteiger partial charge on any atom is 0.266 e. The van der Waals surface area contributed by atoms with Crippen molar-refractivity contribution in [2.45, 2.75) is 18.3 Å². The zero-order chi connectivity index (χ0) is 14.3. The summed E-state index contributed by atoms with van der Waals surface area (Å²) in [6.45, 7) is 3.66. The molecule has 0 atom stereocenters. The molecule has 0 radical (unpaired) electrons. The summed E-state index contributed by atoms with van der Waals surface area (Å²) in [5.41, 5.74) is 0.854. The minimum atomic E-state index is -0.221. The fourth-order valence-electron chi connectivity index (χ4n) is 2.92. The van der Waals surface area contributed by atoms with Gasteiger partial charge in [-0.05, 0) is 35.7 Å². The van der Waals surface area contributed by atoms with Crippen LogP contribution in [0.2, 0.25) is 0 Å². The SMILES string of the molecule is Fc1ccc(C2(c3nc(N4CCNCC4)no3)CC2)cc1. The Morgan fingerprint density at radius 1 is 1.14 bits per heavy atom. The smallest absolute Gasteiger partial charge is 0.266 e. The van der Waals surface area contributed by atoms with Crippen LogP contribution in [0.4, 0.5) is 10.3 Å². The Bertz CT molecular complexity index is 629. The van der Waals surface area contributed by atoms with E-state index >= 15 is 0 Å². The Labute approximate surface area is 122 Å². The third-order valence-corrected chi connectivity index (χ3v) is 4.37. The van der Waals surface area contributed by atoms with Gasteiger partial charge in [-0.1, -0.05) is 12.1 Å². The first-order valence-electron chi connectivity index (χ1n) is 7.34. The van der Waals surface area contributed by atoms with E-state index in [2.05, 4.69) is 20.4 Å². The number of piperazine rings is 1. The van der Waals surface area contributed by atoms with Gasteiger partial charge < -0.3 is 14.7 Å². The number of benzene rings is 1. The highest BCUT2D eigenvalue weighted by atomic mass is 19.1. The van der Waals surface area contributed by atoms with Gasteiger partial charge in [0.1, 0.15) is 5.82 Å². The van der Waals surface area contributed by atoms with Gasteiger partial charge in [-0.2, -0.15) is 4.98 Å². The molecular weight excluding hydrogens is 271 g/mol. The predicted octanol–water partition coefficient (Wildman–Crippen LogP) is 1.70. The van der Waals surface area contributed by atoms with E-state index < -0.39 is 0 Å². The normalized spacial score (nSPS) is 20.5. The summed E-state index contributed by atoms with van der Waals surface area (Å²) in [6.07, 6.45) is 1.95. The molecule has 2 aliphatic rings. The molecule has 2 fully saturated rings. The average Bonchev–Trinajstić information content (AvgIpc) is 3.19. The summed E-state index contributed by atoms with van der Waals surface area (Å²) in [4.78, 5) is 6.72. The minimum Gasteiger partial charge on any atom is -0.336 e. The van der Waals surface area contributed by atoms with Crippen molar-refractivity contribution in [3.8, 4) is 0 Å². The maximum absolute atomic E-state index is 13.1. The Kier molecular flexibility index (Phi) is 2.92. The maximum atomic E-state index is 13.1. The summed E-state index contributed by atoms with van der Waals surface area (Å²) < 4.78 is 18.6. The zero-order valence-electron chi connectivity index (χ0n) is 11.7. The van der Waals surface area contributed by atoms with Crippen LogP contribution >= 0.6 is 0 Å². The van der Waals surface area contributed by atoms with Gasteiger partial charge in [0.2, 0.25) is 5.89 Å². The van der Waals surface area contributed by atoms with Crippen molar-refractivity contribution < 1.29 is 8.91 Å². The van der Waals surface area contributed by atoms with Crippen LogP contribution in [0.25, 0.3) is 0 Å². The molecule has 1 saturated carbocycles. The molecule has 1 aliphatic carbocycles. The molecule has 2 aromatic rings. The summed E-state index contributed by atoms with van der Waals surface area (Å²) in [5.74, 6) is 1.10. The van der Waals surface area contributed by atoms with Crippen LogP contribution in [0.3, 0.4) is 0 Å². The topological polar surface area (TPSA) is 54.2 Å². The van der Waals surface area contributed by atoms with Gasteiger partial charge in [0.15, 0.2) is 0 Å². The molecule has 4 rings (SSSR count). The Hall–Kier alpha value is -1.95. The molecule has 1 aliphatic heterocycles. The number of aromatic nitrogens is 2. The van der Waals surface area contributed by atoms with E-state index in [1.165, 1.54) is 12.1 Å². The molecule has 1 N–H and O–H groups in total. The van der Waals surface area contributed by atoms with Crippen molar-refractivity contribution in [1.82, 2.24) is 15.5 Å². The van der Waals surface area contributed by atoms with Crippen LogP contribution < -0.4 is 10.2 Å². The summed E-state index contributed by atoms with van der Waals surface area (Å²) >= 11 is 0. The third-order valence-electron chi connectivity index (χ3n) is 4.37. The second kappa shape index (κ2) is 4.80. The standard InChI is InChI=1S/C15H17FN4O/c16-12-3-1-11(2-4-12)15(5-6-15)13-18-14(19-21-13)20-9-7-17-8-10-20/h1-4,17H,5-10H2. The van der Waals surface area contributed by atoms with Crippen molar-refractivity contribution >= 4 is 5.95 Å². The van der Waals surface area contributed by atoms with Crippen LogP contribution in [0.15, 0.2) is 28.8 Å². The largest absolute Gasteiger partial charge is 0.336 e. The molecule has 110 valence electrons. The van der Waals surface area contributed by atoms with Gasteiger partial charge in [-0.15, -0.1) is 0 Å². The average molecular weight is 288 g/mol. The van der Waals surface area contributed by atoms with E-state index in [9.17, 15) is 4.39 Å². The first-order valence-corrected chi connectivity index (χ1v) is 7.34. The first kappa shape index (κ1) is 12.8. The lowest BCUT2D eigenvalue weighted by Gasteiger charge is -2.25. The number of anilines is 1. The number of rotatable bonds is 3. The zero-order valence-corrected chi connectivity index (χ0v) is 11.7. The van der Waals surface area contributed by atoms with Crippen molar-refractivity contribution in [3.63, 3.8) is 0 Å². The quantitative estimate of drug-likeness (QED) is 0.931. The summed E-state index contributed by atoms with van der Waals surface area (Å²) in [7, 11) is 0. The van der Waals surface area contributed by atoms with Gasteiger partial charge in [0.05, 0.1) is 5.41 Å².